The molecule has 3 rings (SSSR count). The van der Waals surface area contributed by atoms with Gasteiger partial charge in [0, 0.05) is 18.1 Å². The second-order valence-electron chi connectivity index (χ2n) is 4.00. The van der Waals surface area contributed by atoms with Crippen molar-refractivity contribution in [2.45, 2.75) is 13.8 Å². The summed E-state index contributed by atoms with van der Waals surface area (Å²) in [7, 11) is 0. The molecule has 0 N–H and O–H groups in total. The van der Waals surface area contributed by atoms with E-state index in [0.717, 1.165) is 28.6 Å². The molecule has 3 aromatic rings. The Balaban J connectivity index is 2.33. The monoisotopic (exact) mass is 224 g/mol. The maximum Gasteiger partial charge on any atom is 0.178 e. The Kier molecular flexibility index (Phi) is 2.14. The third-order valence-corrected chi connectivity index (χ3v) is 2.71. The summed E-state index contributed by atoms with van der Waals surface area (Å²) in [5.74, 6) is 0.723. The van der Waals surface area contributed by atoms with Crippen molar-refractivity contribution in [1.29, 1.82) is 0 Å². The number of rotatable bonds is 1. The van der Waals surface area contributed by atoms with Crippen molar-refractivity contribution in [2.24, 2.45) is 0 Å². The highest BCUT2D eigenvalue weighted by Crippen LogP contribution is 2.21. The summed E-state index contributed by atoms with van der Waals surface area (Å²) in [5.41, 5.74) is 3.79. The highest BCUT2D eigenvalue weighted by molar-refractivity contribution is 5.60. The van der Waals surface area contributed by atoms with Gasteiger partial charge in [0.15, 0.2) is 5.82 Å². The van der Waals surface area contributed by atoms with E-state index in [1.807, 2.05) is 48.7 Å². The van der Waals surface area contributed by atoms with Gasteiger partial charge >= 0.3 is 0 Å². The molecular formula is C13H12N4. The SMILES string of the molecule is Cc1ccnc(-c2c(C)nc3ccccn23)n1. The molecule has 17 heavy (non-hydrogen) atoms. The molecule has 0 amide bonds. The minimum atomic E-state index is 0.723. The Morgan fingerprint density at radius 2 is 1.94 bits per heavy atom. The summed E-state index contributed by atoms with van der Waals surface area (Å²) in [6.07, 6.45) is 3.76. The lowest BCUT2D eigenvalue weighted by Crippen LogP contribution is -1.95. The van der Waals surface area contributed by atoms with Gasteiger partial charge in [-0.1, -0.05) is 6.07 Å². The number of imidazole rings is 1. The van der Waals surface area contributed by atoms with Crippen molar-refractivity contribution in [2.75, 3.05) is 0 Å². The van der Waals surface area contributed by atoms with Crippen molar-refractivity contribution in [3.8, 4) is 11.5 Å². The standard InChI is InChI=1S/C13H12N4/c1-9-6-7-14-13(15-9)12-10(2)16-11-5-3-4-8-17(11)12/h3-8H,1-2H3. The van der Waals surface area contributed by atoms with Gasteiger partial charge in [0.1, 0.15) is 11.3 Å². The van der Waals surface area contributed by atoms with Gasteiger partial charge in [-0.25, -0.2) is 15.0 Å². The summed E-state index contributed by atoms with van der Waals surface area (Å²) >= 11 is 0. The molecule has 3 heterocycles. The van der Waals surface area contributed by atoms with Gasteiger partial charge in [0.2, 0.25) is 0 Å². The number of aromatic nitrogens is 4. The topological polar surface area (TPSA) is 43.1 Å². The van der Waals surface area contributed by atoms with Crippen LogP contribution < -0.4 is 0 Å². The third-order valence-electron chi connectivity index (χ3n) is 2.71. The number of hydrogen-bond donors (Lipinski definition) is 0. The average molecular weight is 224 g/mol. The van der Waals surface area contributed by atoms with Crippen LogP contribution in [0.15, 0.2) is 36.7 Å². The van der Waals surface area contributed by atoms with Gasteiger partial charge in [0.25, 0.3) is 0 Å². The number of fused-ring (bicyclic) bond motifs is 1. The molecule has 3 aromatic heterocycles. The summed E-state index contributed by atoms with van der Waals surface area (Å²) < 4.78 is 2.02. The van der Waals surface area contributed by atoms with Crippen LogP contribution in [0.1, 0.15) is 11.4 Å². The molecule has 0 bridgehead atoms. The summed E-state index contributed by atoms with van der Waals surface area (Å²) in [4.78, 5) is 13.3. The highest BCUT2D eigenvalue weighted by Gasteiger charge is 2.12. The normalized spacial score (nSPS) is 10.9. The van der Waals surface area contributed by atoms with E-state index in [1.54, 1.807) is 6.20 Å². The molecule has 0 unspecified atom stereocenters. The lowest BCUT2D eigenvalue weighted by atomic mass is 10.3. The first kappa shape index (κ1) is 9.96. The first-order valence-corrected chi connectivity index (χ1v) is 5.49. The molecule has 0 aromatic carbocycles. The zero-order chi connectivity index (χ0) is 11.8. The zero-order valence-electron chi connectivity index (χ0n) is 9.75. The highest BCUT2D eigenvalue weighted by atomic mass is 15.1. The fourth-order valence-corrected chi connectivity index (χ4v) is 1.95. The molecule has 0 saturated heterocycles. The molecule has 0 radical (unpaired) electrons. The van der Waals surface area contributed by atoms with Crippen LogP contribution >= 0.6 is 0 Å². The molecule has 4 nitrogen and oxygen atoms in total. The minimum absolute atomic E-state index is 0.723. The van der Waals surface area contributed by atoms with Crippen molar-refractivity contribution in [1.82, 2.24) is 19.4 Å². The largest absolute Gasteiger partial charge is 0.297 e. The number of nitrogens with zero attached hydrogens (tertiary/aromatic N) is 4. The number of hydrogen-bond acceptors (Lipinski definition) is 3. The Morgan fingerprint density at radius 1 is 1.06 bits per heavy atom. The van der Waals surface area contributed by atoms with Gasteiger partial charge in [-0.3, -0.25) is 4.40 Å². The van der Waals surface area contributed by atoms with E-state index in [0.29, 0.717) is 0 Å². The summed E-state index contributed by atoms with van der Waals surface area (Å²) in [5, 5.41) is 0. The van der Waals surface area contributed by atoms with Gasteiger partial charge in [-0.05, 0) is 32.0 Å². The molecule has 84 valence electrons. The second kappa shape index (κ2) is 3.66. The van der Waals surface area contributed by atoms with Crippen molar-refractivity contribution in [3.63, 3.8) is 0 Å². The zero-order valence-corrected chi connectivity index (χ0v) is 9.75. The van der Waals surface area contributed by atoms with Crippen LogP contribution in [-0.2, 0) is 0 Å². The molecule has 0 aliphatic heterocycles. The molecule has 0 aliphatic rings. The van der Waals surface area contributed by atoms with E-state index >= 15 is 0 Å². The van der Waals surface area contributed by atoms with Crippen molar-refractivity contribution < 1.29 is 0 Å². The van der Waals surface area contributed by atoms with Crippen molar-refractivity contribution >= 4 is 5.65 Å². The van der Waals surface area contributed by atoms with Crippen molar-refractivity contribution in [3.05, 3.63) is 48.0 Å². The van der Waals surface area contributed by atoms with Crippen LogP contribution in [0.2, 0.25) is 0 Å². The lowest BCUT2D eigenvalue weighted by molar-refractivity contribution is 1.06. The molecule has 0 atom stereocenters. The number of pyridine rings is 1. The van der Waals surface area contributed by atoms with E-state index in [1.165, 1.54) is 0 Å². The molecule has 4 heteroatoms. The van der Waals surface area contributed by atoms with Crippen LogP contribution in [0.5, 0.6) is 0 Å². The Morgan fingerprint density at radius 3 is 2.76 bits per heavy atom. The lowest BCUT2D eigenvalue weighted by Gasteiger charge is -2.02. The van der Waals surface area contributed by atoms with Gasteiger partial charge in [0.05, 0.1) is 5.69 Å². The van der Waals surface area contributed by atoms with Gasteiger partial charge in [-0.15, -0.1) is 0 Å². The minimum Gasteiger partial charge on any atom is -0.297 e. The van der Waals surface area contributed by atoms with Crippen LogP contribution in [0.4, 0.5) is 0 Å². The van der Waals surface area contributed by atoms with Crippen LogP contribution in [0.25, 0.3) is 17.2 Å². The Bertz CT molecular complexity index is 685. The molecule has 0 saturated carbocycles. The third kappa shape index (κ3) is 1.58. The summed E-state index contributed by atoms with van der Waals surface area (Å²) in [6, 6.07) is 7.82. The predicted molar refractivity (Wildman–Crippen MR) is 65.7 cm³/mol. The fraction of sp³-hybridized carbons (Fsp3) is 0.154. The Labute approximate surface area is 99.0 Å². The Hall–Kier alpha value is -2.23. The van der Waals surface area contributed by atoms with E-state index in [9.17, 15) is 0 Å². The van der Waals surface area contributed by atoms with Gasteiger partial charge in [-0.2, -0.15) is 0 Å². The first-order chi connectivity index (χ1) is 8.25. The van der Waals surface area contributed by atoms with Crippen LogP contribution in [-0.4, -0.2) is 19.4 Å². The van der Waals surface area contributed by atoms with E-state index in [2.05, 4.69) is 15.0 Å². The quantitative estimate of drug-likeness (QED) is 0.637. The summed E-state index contributed by atoms with van der Waals surface area (Å²) in [6.45, 7) is 3.94. The van der Waals surface area contributed by atoms with Crippen LogP contribution in [0.3, 0.4) is 0 Å². The van der Waals surface area contributed by atoms with E-state index in [4.69, 9.17) is 0 Å². The van der Waals surface area contributed by atoms with E-state index < -0.39 is 0 Å². The average Bonchev–Trinajstić information content (AvgIpc) is 2.64. The van der Waals surface area contributed by atoms with Gasteiger partial charge < -0.3 is 0 Å². The maximum absolute atomic E-state index is 4.50. The van der Waals surface area contributed by atoms with Crippen LogP contribution in [0, 0.1) is 13.8 Å². The maximum atomic E-state index is 4.50. The predicted octanol–water partition coefficient (Wildman–Crippen LogP) is 2.41. The number of aryl methyl sites for hydroxylation is 2. The molecule has 0 aliphatic carbocycles. The fourth-order valence-electron chi connectivity index (χ4n) is 1.95. The first-order valence-electron chi connectivity index (χ1n) is 5.49. The molecular weight excluding hydrogens is 212 g/mol. The molecule has 0 spiro atoms. The smallest absolute Gasteiger partial charge is 0.178 e. The van der Waals surface area contributed by atoms with E-state index in [-0.39, 0.29) is 0 Å². The molecule has 0 fully saturated rings. The second-order valence-corrected chi connectivity index (χ2v) is 4.00.